The Bertz CT molecular complexity index is 932. The van der Waals surface area contributed by atoms with Crippen LogP contribution in [0.1, 0.15) is 44.4 Å². The number of nitrogens with two attached hydrogens (primary N) is 1. The number of piperidine rings is 1. The number of hydrogen-bond donors (Lipinski definition) is 2. The first-order valence-corrected chi connectivity index (χ1v) is 9.42. The van der Waals surface area contributed by atoms with E-state index in [9.17, 15) is 9.59 Å². The predicted octanol–water partition coefficient (Wildman–Crippen LogP) is 1.38. The Morgan fingerprint density at radius 3 is 2.89 bits per heavy atom. The fraction of sp³-hybridized carbons (Fsp3) is 0.500. The number of carbonyl (C=O) groups excluding carboxylic acids is 1. The lowest BCUT2D eigenvalue weighted by atomic mass is 9.77. The minimum Gasteiger partial charge on any atom is -0.340 e. The van der Waals surface area contributed by atoms with E-state index in [-0.39, 0.29) is 16.9 Å². The van der Waals surface area contributed by atoms with Crippen molar-refractivity contribution in [1.29, 1.82) is 0 Å². The standard InChI is InChI=1S/C20H25N5O2/c1-19(2,21)18(27)25-10-4-7-20(12-25)8-6-14-15(20)23-16(24-17(14)26)13-5-3-9-22-11-13/h3,5,9,11H,4,6-8,10,12,21H2,1-2H3,(H,23,24,26). The molecule has 1 aliphatic carbocycles. The quantitative estimate of drug-likeness (QED) is 0.834. The van der Waals surface area contributed by atoms with Crippen LogP contribution in [-0.2, 0) is 16.6 Å². The lowest BCUT2D eigenvalue weighted by molar-refractivity contribution is -0.138. The van der Waals surface area contributed by atoms with Crippen LogP contribution in [0.2, 0.25) is 0 Å². The maximum absolute atomic E-state index is 12.7. The van der Waals surface area contributed by atoms with Crippen LogP contribution in [0.25, 0.3) is 11.4 Å². The molecule has 1 fully saturated rings. The summed E-state index contributed by atoms with van der Waals surface area (Å²) < 4.78 is 0. The van der Waals surface area contributed by atoms with Gasteiger partial charge in [0, 0.05) is 42.0 Å². The third-order valence-corrected chi connectivity index (χ3v) is 5.72. The summed E-state index contributed by atoms with van der Waals surface area (Å²) in [6.07, 6.45) is 6.73. The fourth-order valence-corrected chi connectivity index (χ4v) is 4.40. The number of aromatic amines is 1. The molecule has 1 amide bonds. The van der Waals surface area contributed by atoms with Crippen LogP contribution in [-0.4, -0.2) is 44.4 Å². The van der Waals surface area contributed by atoms with Crippen LogP contribution >= 0.6 is 0 Å². The zero-order valence-corrected chi connectivity index (χ0v) is 15.8. The number of nitrogens with zero attached hydrogens (tertiary/aromatic N) is 3. The number of H-pyrrole nitrogens is 1. The van der Waals surface area contributed by atoms with Crippen molar-refractivity contribution >= 4 is 5.91 Å². The van der Waals surface area contributed by atoms with E-state index in [0.29, 0.717) is 25.3 Å². The van der Waals surface area contributed by atoms with Crippen molar-refractivity contribution in [3.05, 3.63) is 46.1 Å². The van der Waals surface area contributed by atoms with E-state index in [1.165, 1.54) is 0 Å². The average molecular weight is 367 g/mol. The van der Waals surface area contributed by atoms with E-state index in [1.54, 1.807) is 26.2 Å². The Morgan fingerprint density at radius 1 is 1.37 bits per heavy atom. The van der Waals surface area contributed by atoms with Gasteiger partial charge in [-0.1, -0.05) is 0 Å². The molecular formula is C20H25N5O2. The number of pyridine rings is 1. The number of hydrogen-bond acceptors (Lipinski definition) is 5. The van der Waals surface area contributed by atoms with Gasteiger partial charge in [0.05, 0.1) is 11.2 Å². The number of aromatic nitrogens is 3. The smallest absolute Gasteiger partial charge is 0.254 e. The molecule has 0 saturated carbocycles. The Morgan fingerprint density at radius 2 is 2.19 bits per heavy atom. The lowest BCUT2D eigenvalue weighted by Crippen LogP contribution is -2.56. The van der Waals surface area contributed by atoms with E-state index < -0.39 is 5.54 Å². The van der Waals surface area contributed by atoms with Crippen molar-refractivity contribution < 1.29 is 4.79 Å². The van der Waals surface area contributed by atoms with Gasteiger partial charge >= 0.3 is 0 Å². The van der Waals surface area contributed by atoms with Gasteiger partial charge in [0.2, 0.25) is 5.91 Å². The average Bonchev–Trinajstić information content (AvgIpc) is 2.99. The molecule has 4 rings (SSSR count). The molecule has 1 spiro atoms. The first kappa shape index (κ1) is 17.9. The Balaban J connectivity index is 1.75. The minimum atomic E-state index is -0.900. The number of rotatable bonds is 2. The van der Waals surface area contributed by atoms with Crippen LogP contribution in [0.3, 0.4) is 0 Å². The number of nitrogens with one attached hydrogen (secondary N) is 1. The molecule has 1 unspecified atom stereocenters. The lowest BCUT2D eigenvalue weighted by Gasteiger charge is -2.42. The van der Waals surface area contributed by atoms with Crippen molar-refractivity contribution in [1.82, 2.24) is 19.9 Å². The van der Waals surface area contributed by atoms with E-state index >= 15 is 0 Å². The van der Waals surface area contributed by atoms with Crippen LogP contribution in [0.4, 0.5) is 0 Å². The predicted molar refractivity (Wildman–Crippen MR) is 102 cm³/mol. The molecule has 0 radical (unpaired) electrons. The fourth-order valence-electron chi connectivity index (χ4n) is 4.40. The third kappa shape index (κ3) is 3.06. The van der Waals surface area contributed by atoms with Crippen molar-refractivity contribution in [2.75, 3.05) is 13.1 Å². The molecule has 2 aliphatic rings. The molecule has 2 aromatic heterocycles. The molecule has 1 aliphatic heterocycles. The number of fused-ring (bicyclic) bond motifs is 2. The maximum atomic E-state index is 12.7. The van der Waals surface area contributed by atoms with Crippen molar-refractivity contribution in [2.45, 2.75) is 50.5 Å². The van der Waals surface area contributed by atoms with Crippen LogP contribution in [0.5, 0.6) is 0 Å². The summed E-state index contributed by atoms with van der Waals surface area (Å²) in [6, 6.07) is 3.70. The van der Waals surface area contributed by atoms with Crippen molar-refractivity contribution in [2.24, 2.45) is 5.73 Å². The highest BCUT2D eigenvalue weighted by molar-refractivity contribution is 5.85. The van der Waals surface area contributed by atoms with Crippen LogP contribution in [0, 0.1) is 0 Å². The molecule has 0 bridgehead atoms. The van der Waals surface area contributed by atoms with E-state index in [4.69, 9.17) is 10.7 Å². The van der Waals surface area contributed by atoms with Crippen LogP contribution < -0.4 is 11.3 Å². The summed E-state index contributed by atoms with van der Waals surface area (Å²) in [7, 11) is 0. The first-order chi connectivity index (χ1) is 12.8. The number of likely N-dealkylation sites (tertiary alicyclic amines) is 1. The largest absolute Gasteiger partial charge is 0.340 e. The van der Waals surface area contributed by atoms with Gasteiger partial charge in [-0.25, -0.2) is 4.98 Å². The second-order valence-corrected chi connectivity index (χ2v) is 8.32. The zero-order chi connectivity index (χ0) is 19.2. The van der Waals surface area contributed by atoms with E-state index in [1.807, 2.05) is 17.0 Å². The molecule has 0 aromatic carbocycles. The van der Waals surface area contributed by atoms with Gasteiger partial charge < -0.3 is 15.6 Å². The van der Waals surface area contributed by atoms with Crippen LogP contribution in [0.15, 0.2) is 29.3 Å². The summed E-state index contributed by atoms with van der Waals surface area (Å²) in [5.74, 6) is 0.489. The highest BCUT2D eigenvalue weighted by Crippen LogP contribution is 2.43. The SMILES string of the molecule is CC(C)(N)C(=O)N1CCCC2(CCc3c2nc(-c2cccnc2)[nH]c3=O)C1. The van der Waals surface area contributed by atoms with Gasteiger partial charge in [-0.05, 0) is 51.7 Å². The minimum absolute atomic E-state index is 0.0488. The molecule has 142 valence electrons. The molecule has 2 aromatic rings. The third-order valence-electron chi connectivity index (χ3n) is 5.72. The summed E-state index contributed by atoms with van der Waals surface area (Å²) in [6.45, 7) is 4.75. The monoisotopic (exact) mass is 367 g/mol. The normalized spacial score (nSPS) is 22.1. The summed E-state index contributed by atoms with van der Waals surface area (Å²) >= 11 is 0. The molecule has 7 nitrogen and oxygen atoms in total. The number of amides is 1. The van der Waals surface area contributed by atoms with Gasteiger partial charge in [0.15, 0.2) is 0 Å². The van der Waals surface area contributed by atoms with E-state index in [0.717, 1.165) is 36.1 Å². The molecule has 3 N–H and O–H groups in total. The molecule has 1 atom stereocenters. The summed E-state index contributed by atoms with van der Waals surface area (Å²) in [4.78, 5) is 39.1. The van der Waals surface area contributed by atoms with Gasteiger partial charge in [-0.2, -0.15) is 0 Å². The topological polar surface area (TPSA) is 105 Å². The van der Waals surface area contributed by atoms with Gasteiger partial charge in [0.1, 0.15) is 5.82 Å². The van der Waals surface area contributed by atoms with Crippen molar-refractivity contribution in [3.63, 3.8) is 0 Å². The molecule has 7 heteroatoms. The first-order valence-electron chi connectivity index (χ1n) is 9.42. The molecular weight excluding hydrogens is 342 g/mol. The Kier molecular flexibility index (Phi) is 4.14. The van der Waals surface area contributed by atoms with E-state index in [2.05, 4.69) is 9.97 Å². The zero-order valence-electron chi connectivity index (χ0n) is 15.8. The second kappa shape index (κ2) is 6.27. The summed E-state index contributed by atoms with van der Waals surface area (Å²) in [5.41, 5.74) is 7.18. The Labute approximate surface area is 158 Å². The molecule has 1 saturated heterocycles. The summed E-state index contributed by atoms with van der Waals surface area (Å²) in [5, 5.41) is 0. The molecule has 27 heavy (non-hydrogen) atoms. The highest BCUT2D eigenvalue weighted by Gasteiger charge is 2.46. The molecule has 3 heterocycles. The Hall–Kier alpha value is -2.54. The number of carbonyl (C=O) groups is 1. The maximum Gasteiger partial charge on any atom is 0.254 e. The second-order valence-electron chi connectivity index (χ2n) is 8.32. The van der Waals surface area contributed by atoms with Gasteiger partial charge in [-0.15, -0.1) is 0 Å². The highest BCUT2D eigenvalue weighted by atomic mass is 16.2. The van der Waals surface area contributed by atoms with Gasteiger partial charge in [-0.3, -0.25) is 14.6 Å². The van der Waals surface area contributed by atoms with Crippen molar-refractivity contribution in [3.8, 4) is 11.4 Å². The van der Waals surface area contributed by atoms with Gasteiger partial charge in [0.25, 0.3) is 5.56 Å².